The van der Waals surface area contributed by atoms with Crippen LogP contribution in [-0.2, 0) is 13.5 Å². The maximum absolute atomic E-state index is 12.5. The van der Waals surface area contributed by atoms with Crippen LogP contribution in [-0.4, -0.2) is 23.6 Å². The Morgan fingerprint density at radius 3 is 2.59 bits per heavy atom. The average molecular weight is 410 g/mol. The molecule has 0 aliphatic rings. The fourth-order valence-electron chi connectivity index (χ4n) is 2.58. The lowest BCUT2D eigenvalue weighted by Crippen LogP contribution is -2.31. The van der Waals surface area contributed by atoms with Crippen molar-refractivity contribution in [2.45, 2.75) is 26.7 Å². The summed E-state index contributed by atoms with van der Waals surface area (Å²) in [6, 6.07) is 7.19. The molecule has 0 spiro atoms. The lowest BCUT2D eigenvalue weighted by Gasteiger charge is -2.14. The van der Waals surface area contributed by atoms with Crippen LogP contribution < -0.4 is 16.2 Å². The summed E-state index contributed by atoms with van der Waals surface area (Å²) >= 11 is 11.9. The Labute approximate surface area is 169 Å². The van der Waals surface area contributed by atoms with Crippen LogP contribution >= 0.6 is 23.2 Å². The summed E-state index contributed by atoms with van der Waals surface area (Å²) in [6.07, 6.45) is 3.13. The van der Waals surface area contributed by atoms with E-state index in [1.165, 1.54) is 4.57 Å². The molecule has 1 aromatic carbocycles. The van der Waals surface area contributed by atoms with Gasteiger partial charge in [0.1, 0.15) is 5.69 Å². The van der Waals surface area contributed by atoms with E-state index in [9.17, 15) is 9.59 Å². The number of anilines is 1. The van der Waals surface area contributed by atoms with Gasteiger partial charge in [0, 0.05) is 26.3 Å². The minimum atomic E-state index is -0.256. The van der Waals surface area contributed by atoms with Crippen molar-refractivity contribution >= 4 is 34.8 Å². The highest BCUT2D eigenvalue weighted by atomic mass is 35.5. The molecule has 0 bridgehead atoms. The van der Waals surface area contributed by atoms with Gasteiger partial charge in [0.2, 0.25) is 0 Å². The van der Waals surface area contributed by atoms with Crippen molar-refractivity contribution < 1.29 is 4.79 Å². The molecular formula is C20H25Cl2N3O2. The molecule has 0 aliphatic heterocycles. The number of rotatable bonds is 8. The number of aryl methyl sites for hydroxylation is 2. The maximum Gasteiger partial charge on any atom is 0.274 e. The van der Waals surface area contributed by atoms with E-state index in [0.29, 0.717) is 40.3 Å². The minimum Gasteiger partial charge on any atom is -0.380 e. The van der Waals surface area contributed by atoms with Crippen molar-refractivity contribution in [3.8, 4) is 0 Å². The second kappa shape index (κ2) is 9.81. The monoisotopic (exact) mass is 409 g/mol. The fourth-order valence-corrected chi connectivity index (χ4v) is 2.90. The first kappa shape index (κ1) is 21.3. The zero-order valence-corrected chi connectivity index (χ0v) is 17.3. The molecule has 1 amide bonds. The number of hydrogen-bond donors (Lipinski definition) is 2. The third kappa shape index (κ3) is 6.01. The summed E-state index contributed by atoms with van der Waals surface area (Å²) in [5.41, 5.74) is 1.56. The molecule has 0 fully saturated rings. The van der Waals surface area contributed by atoms with E-state index in [1.807, 2.05) is 26.0 Å². The summed E-state index contributed by atoms with van der Waals surface area (Å²) < 4.78 is 1.46. The zero-order valence-electron chi connectivity index (χ0n) is 15.8. The summed E-state index contributed by atoms with van der Waals surface area (Å²) in [5.74, 6) is 0.102. The molecule has 0 unspecified atom stereocenters. The quantitative estimate of drug-likeness (QED) is 0.644. The van der Waals surface area contributed by atoms with Gasteiger partial charge in [0.05, 0.1) is 15.6 Å². The minimum absolute atomic E-state index is 0.209. The number of nitrogens with zero attached hydrogens (tertiary/aromatic N) is 1. The van der Waals surface area contributed by atoms with Gasteiger partial charge in [-0.3, -0.25) is 9.59 Å². The van der Waals surface area contributed by atoms with Gasteiger partial charge in [-0.2, -0.15) is 0 Å². The third-order valence-corrected chi connectivity index (χ3v) is 4.85. The Bertz CT molecular complexity index is 863. The fraction of sp³-hybridized carbons (Fsp3) is 0.400. The lowest BCUT2D eigenvalue weighted by atomic mass is 10.1. The number of hydrogen-bond acceptors (Lipinski definition) is 3. The van der Waals surface area contributed by atoms with Gasteiger partial charge in [-0.25, -0.2) is 0 Å². The average Bonchev–Trinajstić information content (AvgIpc) is 2.62. The van der Waals surface area contributed by atoms with Crippen molar-refractivity contribution in [3.63, 3.8) is 0 Å². The largest absolute Gasteiger partial charge is 0.380 e. The number of aromatic nitrogens is 1. The van der Waals surface area contributed by atoms with Gasteiger partial charge in [-0.1, -0.05) is 43.1 Å². The standard InChI is InChI=1S/C20H25Cl2N3O2/c1-13(2)12-24-18-15(8-10-25(3)20(18)27)19(26)23-9-4-5-14-6-7-16(21)17(22)11-14/h6-8,10-11,13,24H,4-5,9,12H2,1-3H3,(H,23,26). The van der Waals surface area contributed by atoms with E-state index in [0.717, 1.165) is 18.4 Å². The lowest BCUT2D eigenvalue weighted by molar-refractivity contribution is 0.0953. The second-order valence-electron chi connectivity index (χ2n) is 6.90. The summed E-state index contributed by atoms with van der Waals surface area (Å²) in [6.45, 7) is 5.21. The Hall–Kier alpha value is -1.98. The van der Waals surface area contributed by atoms with Gasteiger partial charge in [-0.15, -0.1) is 0 Å². The number of halogens is 2. The van der Waals surface area contributed by atoms with Crippen LogP contribution in [0.5, 0.6) is 0 Å². The van der Waals surface area contributed by atoms with Gasteiger partial charge < -0.3 is 15.2 Å². The van der Waals surface area contributed by atoms with E-state index in [2.05, 4.69) is 10.6 Å². The topological polar surface area (TPSA) is 63.1 Å². The van der Waals surface area contributed by atoms with Gasteiger partial charge in [-0.05, 0) is 42.5 Å². The van der Waals surface area contributed by atoms with Crippen molar-refractivity contribution in [2.75, 3.05) is 18.4 Å². The Balaban J connectivity index is 1.97. The molecule has 1 aromatic heterocycles. The van der Waals surface area contributed by atoms with Crippen LogP contribution in [0.4, 0.5) is 5.69 Å². The summed E-state index contributed by atoms with van der Waals surface area (Å²) in [7, 11) is 1.67. The molecule has 0 saturated heterocycles. The maximum atomic E-state index is 12.5. The smallest absolute Gasteiger partial charge is 0.274 e. The third-order valence-electron chi connectivity index (χ3n) is 4.11. The van der Waals surface area contributed by atoms with Crippen molar-refractivity contribution in [3.05, 3.63) is 62.0 Å². The zero-order chi connectivity index (χ0) is 20.0. The van der Waals surface area contributed by atoms with E-state index >= 15 is 0 Å². The molecule has 0 aliphatic carbocycles. The van der Waals surface area contributed by atoms with Gasteiger partial charge in [0.25, 0.3) is 11.5 Å². The number of carbonyl (C=O) groups is 1. The predicted molar refractivity (Wildman–Crippen MR) is 112 cm³/mol. The molecule has 1 heterocycles. The SMILES string of the molecule is CC(C)CNc1c(C(=O)NCCCc2ccc(Cl)c(Cl)c2)ccn(C)c1=O. The van der Waals surface area contributed by atoms with Crippen LogP contribution in [0.2, 0.25) is 10.0 Å². The molecule has 0 atom stereocenters. The van der Waals surface area contributed by atoms with E-state index in [1.54, 1.807) is 25.4 Å². The molecule has 27 heavy (non-hydrogen) atoms. The molecule has 0 radical (unpaired) electrons. The van der Waals surface area contributed by atoms with Crippen molar-refractivity contribution in [1.29, 1.82) is 0 Å². The molecule has 0 saturated carbocycles. The number of amides is 1. The van der Waals surface area contributed by atoms with Crippen LogP contribution in [0.25, 0.3) is 0 Å². The Morgan fingerprint density at radius 1 is 1.19 bits per heavy atom. The molecule has 2 rings (SSSR count). The highest BCUT2D eigenvalue weighted by Gasteiger charge is 2.15. The first-order chi connectivity index (χ1) is 12.8. The number of benzene rings is 1. The summed E-state index contributed by atoms with van der Waals surface area (Å²) in [5, 5.41) is 7.05. The van der Waals surface area contributed by atoms with Gasteiger partial charge >= 0.3 is 0 Å². The Kier molecular flexibility index (Phi) is 7.75. The predicted octanol–water partition coefficient (Wildman–Crippen LogP) is 4.12. The van der Waals surface area contributed by atoms with Crippen molar-refractivity contribution in [2.24, 2.45) is 13.0 Å². The summed E-state index contributed by atoms with van der Waals surface area (Å²) in [4.78, 5) is 24.9. The molecule has 5 nitrogen and oxygen atoms in total. The first-order valence-electron chi connectivity index (χ1n) is 8.95. The highest BCUT2D eigenvalue weighted by molar-refractivity contribution is 6.42. The molecular weight excluding hydrogens is 385 g/mol. The number of nitrogens with one attached hydrogen (secondary N) is 2. The first-order valence-corrected chi connectivity index (χ1v) is 9.70. The number of pyridine rings is 1. The molecule has 2 N–H and O–H groups in total. The van der Waals surface area contributed by atoms with Crippen LogP contribution in [0.1, 0.15) is 36.2 Å². The van der Waals surface area contributed by atoms with E-state index in [4.69, 9.17) is 23.2 Å². The van der Waals surface area contributed by atoms with Crippen molar-refractivity contribution in [1.82, 2.24) is 9.88 Å². The second-order valence-corrected chi connectivity index (χ2v) is 7.72. The highest BCUT2D eigenvalue weighted by Crippen LogP contribution is 2.23. The normalized spacial score (nSPS) is 10.9. The van der Waals surface area contributed by atoms with Crippen LogP contribution in [0.15, 0.2) is 35.3 Å². The van der Waals surface area contributed by atoms with E-state index < -0.39 is 0 Å². The molecule has 146 valence electrons. The Morgan fingerprint density at radius 2 is 1.93 bits per heavy atom. The van der Waals surface area contributed by atoms with E-state index in [-0.39, 0.29) is 11.5 Å². The van der Waals surface area contributed by atoms with Crippen LogP contribution in [0.3, 0.4) is 0 Å². The molecule has 7 heteroatoms. The number of carbonyl (C=O) groups excluding carboxylic acids is 1. The van der Waals surface area contributed by atoms with Gasteiger partial charge in [0.15, 0.2) is 0 Å². The van der Waals surface area contributed by atoms with Crippen LogP contribution in [0, 0.1) is 5.92 Å². The molecule has 2 aromatic rings.